The molecule has 17 heavy (non-hydrogen) atoms. The van der Waals surface area contributed by atoms with Gasteiger partial charge in [0.1, 0.15) is 11.8 Å². The smallest absolute Gasteiger partial charge is 0.201 e. The van der Waals surface area contributed by atoms with Crippen LogP contribution in [0.15, 0.2) is 30.5 Å². The highest BCUT2D eigenvalue weighted by Gasteiger charge is 2.22. The van der Waals surface area contributed by atoms with Crippen LogP contribution >= 0.6 is 0 Å². The zero-order valence-electron chi connectivity index (χ0n) is 9.09. The highest BCUT2D eigenvalue weighted by molar-refractivity contribution is 5.89. The van der Waals surface area contributed by atoms with E-state index in [1.807, 2.05) is 24.3 Å². The molecule has 2 aromatic rings. The summed E-state index contributed by atoms with van der Waals surface area (Å²) in [7, 11) is 0. The van der Waals surface area contributed by atoms with Crippen LogP contribution in [0.25, 0.3) is 10.8 Å². The standard InChI is InChI=1S/C13H10N2O2/c14-7-9-8-15-12(13-16-5-6-17-13)11-4-2-1-3-10(9)11/h1-4,8,13H,5-6H2. The van der Waals surface area contributed by atoms with Crippen LogP contribution < -0.4 is 0 Å². The Morgan fingerprint density at radius 3 is 2.59 bits per heavy atom. The topological polar surface area (TPSA) is 55.1 Å². The van der Waals surface area contributed by atoms with Gasteiger partial charge in [-0.15, -0.1) is 0 Å². The largest absolute Gasteiger partial charge is 0.345 e. The fraction of sp³-hybridized carbons (Fsp3) is 0.231. The first kappa shape index (κ1) is 10.2. The van der Waals surface area contributed by atoms with E-state index in [-0.39, 0.29) is 0 Å². The quantitative estimate of drug-likeness (QED) is 0.747. The first-order valence-corrected chi connectivity index (χ1v) is 5.41. The normalized spacial score (nSPS) is 16.2. The van der Waals surface area contributed by atoms with E-state index in [4.69, 9.17) is 14.7 Å². The Kier molecular flexibility index (Phi) is 2.48. The van der Waals surface area contributed by atoms with Crippen molar-refractivity contribution in [3.05, 3.63) is 41.7 Å². The third-order valence-electron chi connectivity index (χ3n) is 2.79. The summed E-state index contributed by atoms with van der Waals surface area (Å²) in [4.78, 5) is 4.29. The minimum atomic E-state index is -0.410. The van der Waals surface area contributed by atoms with Gasteiger partial charge in [0, 0.05) is 17.0 Å². The van der Waals surface area contributed by atoms with E-state index in [2.05, 4.69) is 11.1 Å². The van der Waals surface area contributed by atoms with Crippen molar-refractivity contribution < 1.29 is 9.47 Å². The molecule has 1 aromatic heterocycles. The van der Waals surface area contributed by atoms with Gasteiger partial charge < -0.3 is 9.47 Å². The van der Waals surface area contributed by atoms with Gasteiger partial charge in [0.15, 0.2) is 0 Å². The molecule has 0 bridgehead atoms. The van der Waals surface area contributed by atoms with Gasteiger partial charge in [-0.3, -0.25) is 4.98 Å². The minimum Gasteiger partial charge on any atom is -0.345 e. The number of benzene rings is 1. The summed E-state index contributed by atoms with van der Waals surface area (Å²) >= 11 is 0. The first-order valence-electron chi connectivity index (χ1n) is 5.41. The number of ether oxygens (including phenoxy) is 2. The van der Waals surface area contributed by atoms with Crippen LogP contribution in [0.5, 0.6) is 0 Å². The van der Waals surface area contributed by atoms with Crippen molar-refractivity contribution in [1.29, 1.82) is 5.26 Å². The molecule has 1 aliphatic rings. The van der Waals surface area contributed by atoms with Crippen molar-refractivity contribution in [2.24, 2.45) is 0 Å². The number of aromatic nitrogens is 1. The molecule has 0 atom stereocenters. The second-order valence-electron chi connectivity index (χ2n) is 3.79. The second-order valence-corrected chi connectivity index (χ2v) is 3.79. The molecule has 3 rings (SSSR count). The van der Waals surface area contributed by atoms with Crippen molar-refractivity contribution in [2.75, 3.05) is 13.2 Å². The summed E-state index contributed by atoms with van der Waals surface area (Å²) in [6.45, 7) is 1.17. The molecule has 4 heteroatoms. The summed E-state index contributed by atoms with van der Waals surface area (Å²) in [5, 5.41) is 10.8. The highest BCUT2D eigenvalue weighted by atomic mass is 16.7. The van der Waals surface area contributed by atoms with Crippen LogP contribution in [0.4, 0.5) is 0 Å². The molecule has 1 fully saturated rings. The maximum atomic E-state index is 9.04. The van der Waals surface area contributed by atoms with Crippen molar-refractivity contribution in [3.63, 3.8) is 0 Å². The van der Waals surface area contributed by atoms with Gasteiger partial charge in [-0.25, -0.2) is 0 Å². The highest BCUT2D eigenvalue weighted by Crippen LogP contribution is 2.29. The van der Waals surface area contributed by atoms with Crippen molar-refractivity contribution in [1.82, 2.24) is 4.98 Å². The molecular formula is C13H10N2O2. The van der Waals surface area contributed by atoms with E-state index >= 15 is 0 Å². The monoisotopic (exact) mass is 226 g/mol. The molecule has 0 unspecified atom stereocenters. The maximum Gasteiger partial charge on any atom is 0.201 e. The first-order chi connectivity index (χ1) is 8.40. The summed E-state index contributed by atoms with van der Waals surface area (Å²) in [5.74, 6) is 0. The van der Waals surface area contributed by atoms with E-state index in [1.165, 1.54) is 0 Å². The van der Waals surface area contributed by atoms with E-state index in [0.717, 1.165) is 16.5 Å². The van der Waals surface area contributed by atoms with E-state index in [9.17, 15) is 0 Å². The van der Waals surface area contributed by atoms with Crippen LogP contribution in [-0.4, -0.2) is 18.2 Å². The predicted octanol–water partition coefficient (Wildman–Crippen LogP) is 2.15. The maximum absolute atomic E-state index is 9.04. The molecule has 4 nitrogen and oxygen atoms in total. The molecule has 84 valence electrons. The van der Waals surface area contributed by atoms with Gasteiger partial charge in [-0.05, 0) is 0 Å². The molecule has 1 aromatic carbocycles. The summed E-state index contributed by atoms with van der Waals surface area (Å²) in [5.41, 5.74) is 1.32. The molecule has 0 radical (unpaired) electrons. The molecule has 0 spiro atoms. The average molecular weight is 226 g/mol. The van der Waals surface area contributed by atoms with Gasteiger partial charge >= 0.3 is 0 Å². The van der Waals surface area contributed by atoms with E-state index in [0.29, 0.717) is 18.8 Å². The van der Waals surface area contributed by atoms with Crippen molar-refractivity contribution in [2.45, 2.75) is 6.29 Å². The molecule has 1 saturated heterocycles. The number of hydrogen-bond donors (Lipinski definition) is 0. The van der Waals surface area contributed by atoms with Crippen LogP contribution in [0.3, 0.4) is 0 Å². The SMILES string of the molecule is N#Cc1cnc(C2OCCO2)c2ccccc12. The summed E-state index contributed by atoms with van der Waals surface area (Å²) < 4.78 is 10.9. The van der Waals surface area contributed by atoms with Gasteiger partial charge in [0.25, 0.3) is 0 Å². The Morgan fingerprint density at radius 1 is 1.18 bits per heavy atom. The number of hydrogen-bond acceptors (Lipinski definition) is 4. The molecule has 0 amide bonds. The lowest BCUT2D eigenvalue weighted by atomic mass is 10.1. The third kappa shape index (κ3) is 1.66. The van der Waals surface area contributed by atoms with Gasteiger partial charge in [0.2, 0.25) is 6.29 Å². The van der Waals surface area contributed by atoms with Gasteiger partial charge in [-0.2, -0.15) is 5.26 Å². The number of nitriles is 1. The molecule has 0 saturated carbocycles. The Balaban J connectivity index is 2.23. The predicted molar refractivity (Wildman–Crippen MR) is 61.1 cm³/mol. The zero-order chi connectivity index (χ0) is 11.7. The van der Waals surface area contributed by atoms with Crippen molar-refractivity contribution in [3.8, 4) is 6.07 Å². The zero-order valence-corrected chi connectivity index (χ0v) is 9.09. The van der Waals surface area contributed by atoms with E-state index < -0.39 is 6.29 Å². The fourth-order valence-electron chi connectivity index (χ4n) is 2.01. The van der Waals surface area contributed by atoms with Gasteiger partial charge in [-0.1, -0.05) is 24.3 Å². The lowest BCUT2D eigenvalue weighted by Gasteiger charge is -2.11. The summed E-state index contributed by atoms with van der Waals surface area (Å²) in [6, 6.07) is 9.81. The lowest BCUT2D eigenvalue weighted by Crippen LogP contribution is -2.03. The molecule has 0 N–H and O–H groups in total. The van der Waals surface area contributed by atoms with Crippen LogP contribution in [0.1, 0.15) is 17.5 Å². The summed E-state index contributed by atoms with van der Waals surface area (Å²) in [6.07, 6.45) is 1.16. The fourth-order valence-corrected chi connectivity index (χ4v) is 2.01. The number of nitrogens with zero attached hydrogens (tertiary/aromatic N) is 2. The third-order valence-corrected chi connectivity index (χ3v) is 2.79. The Hall–Kier alpha value is -1.96. The molecule has 1 aliphatic heterocycles. The van der Waals surface area contributed by atoms with Crippen LogP contribution in [-0.2, 0) is 9.47 Å². The van der Waals surface area contributed by atoms with Crippen LogP contribution in [0.2, 0.25) is 0 Å². The average Bonchev–Trinajstić information content (AvgIpc) is 2.91. The Morgan fingerprint density at radius 2 is 1.88 bits per heavy atom. The molecule has 2 heterocycles. The number of rotatable bonds is 1. The molecule has 0 aliphatic carbocycles. The Bertz CT molecular complexity index is 598. The number of pyridine rings is 1. The second kappa shape index (κ2) is 4.13. The Labute approximate surface area is 98.4 Å². The number of fused-ring (bicyclic) bond motifs is 1. The molecular weight excluding hydrogens is 216 g/mol. The van der Waals surface area contributed by atoms with E-state index in [1.54, 1.807) is 6.20 Å². The van der Waals surface area contributed by atoms with Gasteiger partial charge in [0.05, 0.1) is 18.8 Å². The van der Waals surface area contributed by atoms with Crippen LogP contribution in [0, 0.1) is 11.3 Å². The lowest BCUT2D eigenvalue weighted by molar-refractivity contribution is -0.0460. The minimum absolute atomic E-state index is 0.410. The van der Waals surface area contributed by atoms with Crippen molar-refractivity contribution >= 4 is 10.8 Å².